The highest BCUT2D eigenvalue weighted by Crippen LogP contribution is 2.12. The van der Waals surface area contributed by atoms with Crippen molar-refractivity contribution in [3.63, 3.8) is 0 Å². The first-order chi connectivity index (χ1) is 7.60. The van der Waals surface area contributed by atoms with E-state index in [0.717, 1.165) is 0 Å². The number of morpholine rings is 1. The molecule has 3 unspecified atom stereocenters. The normalized spacial score (nSPS) is 27.9. The molecule has 0 bridgehead atoms. The number of nitrogens with zero attached hydrogens (tertiary/aromatic N) is 1. The van der Waals surface area contributed by atoms with Gasteiger partial charge in [-0.2, -0.15) is 0 Å². The zero-order chi connectivity index (χ0) is 12.1. The molecule has 0 aromatic heterocycles. The third kappa shape index (κ3) is 3.15. The van der Waals surface area contributed by atoms with Crippen LogP contribution in [0.15, 0.2) is 0 Å². The van der Waals surface area contributed by atoms with Crippen molar-refractivity contribution in [2.24, 2.45) is 5.73 Å². The van der Waals surface area contributed by atoms with Gasteiger partial charge in [0, 0.05) is 13.7 Å². The molecule has 1 fully saturated rings. The van der Waals surface area contributed by atoms with E-state index in [-0.39, 0.29) is 31.3 Å². The maximum atomic E-state index is 11.9. The summed E-state index contributed by atoms with van der Waals surface area (Å²) in [4.78, 5) is 13.6. The molecular formula is C10H20N2O4. The van der Waals surface area contributed by atoms with Crippen molar-refractivity contribution < 1.29 is 19.4 Å². The largest absolute Gasteiger partial charge is 0.394 e. The molecule has 0 aromatic carbocycles. The fourth-order valence-corrected chi connectivity index (χ4v) is 1.70. The zero-order valence-corrected chi connectivity index (χ0v) is 9.76. The van der Waals surface area contributed by atoms with Gasteiger partial charge in [0.15, 0.2) is 0 Å². The standard InChI is InChI=1S/C10H20N2O4/c1-7-5-16-8(4-13)3-12(7)10(14)9(11)6-15-2/h7-9,13H,3-6,11H2,1-2H3. The maximum absolute atomic E-state index is 11.9. The monoisotopic (exact) mass is 232 g/mol. The number of rotatable bonds is 4. The van der Waals surface area contributed by atoms with Crippen LogP contribution in [0.1, 0.15) is 6.92 Å². The van der Waals surface area contributed by atoms with Crippen LogP contribution in [0.25, 0.3) is 0 Å². The van der Waals surface area contributed by atoms with E-state index in [0.29, 0.717) is 13.2 Å². The molecule has 3 N–H and O–H groups in total. The average molecular weight is 232 g/mol. The van der Waals surface area contributed by atoms with Gasteiger partial charge < -0.3 is 25.2 Å². The molecule has 3 atom stereocenters. The smallest absolute Gasteiger partial charge is 0.242 e. The van der Waals surface area contributed by atoms with E-state index in [4.69, 9.17) is 20.3 Å². The molecule has 6 heteroatoms. The Hall–Kier alpha value is -0.690. The van der Waals surface area contributed by atoms with E-state index in [9.17, 15) is 4.79 Å². The van der Waals surface area contributed by atoms with Crippen molar-refractivity contribution in [1.82, 2.24) is 4.90 Å². The third-order valence-electron chi connectivity index (χ3n) is 2.66. The second-order valence-corrected chi connectivity index (χ2v) is 4.04. The van der Waals surface area contributed by atoms with Crippen molar-refractivity contribution in [2.75, 3.05) is 33.5 Å². The van der Waals surface area contributed by atoms with Crippen LogP contribution >= 0.6 is 0 Å². The van der Waals surface area contributed by atoms with E-state index in [1.165, 1.54) is 7.11 Å². The molecule has 0 saturated carbocycles. The van der Waals surface area contributed by atoms with Crippen LogP contribution in [-0.2, 0) is 14.3 Å². The van der Waals surface area contributed by atoms with Crippen molar-refractivity contribution in [2.45, 2.75) is 25.1 Å². The first-order valence-electron chi connectivity index (χ1n) is 5.37. The molecule has 6 nitrogen and oxygen atoms in total. The summed E-state index contributed by atoms with van der Waals surface area (Å²) in [6, 6.07) is -0.664. The lowest BCUT2D eigenvalue weighted by Crippen LogP contribution is -2.57. The summed E-state index contributed by atoms with van der Waals surface area (Å²) in [6.07, 6.45) is -0.310. The van der Waals surface area contributed by atoms with Gasteiger partial charge in [-0.05, 0) is 6.92 Å². The number of hydrogen-bond acceptors (Lipinski definition) is 5. The van der Waals surface area contributed by atoms with E-state index in [2.05, 4.69) is 0 Å². The molecule has 0 spiro atoms. The Morgan fingerprint density at radius 2 is 2.44 bits per heavy atom. The summed E-state index contributed by atoms with van der Waals surface area (Å²) in [6.45, 7) is 2.82. The topological polar surface area (TPSA) is 85.0 Å². The highest BCUT2D eigenvalue weighted by atomic mass is 16.5. The highest BCUT2D eigenvalue weighted by Gasteiger charge is 2.31. The summed E-state index contributed by atoms with van der Waals surface area (Å²) in [7, 11) is 1.51. The van der Waals surface area contributed by atoms with Gasteiger partial charge >= 0.3 is 0 Å². The molecule has 1 aliphatic rings. The number of aliphatic hydroxyl groups is 1. The van der Waals surface area contributed by atoms with Crippen LogP contribution in [-0.4, -0.2) is 67.6 Å². The molecule has 1 amide bonds. The van der Waals surface area contributed by atoms with Crippen molar-refractivity contribution in [3.05, 3.63) is 0 Å². The van der Waals surface area contributed by atoms with Gasteiger partial charge in [0.05, 0.1) is 32.0 Å². The van der Waals surface area contributed by atoms with Crippen LogP contribution in [0, 0.1) is 0 Å². The average Bonchev–Trinajstić information content (AvgIpc) is 2.29. The van der Waals surface area contributed by atoms with Gasteiger partial charge in [-0.3, -0.25) is 4.79 Å². The predicted octanol–water partition coefficient (Wildman–Crippen LogP) is -1.43. The number of amides is 1. The summed E-state index contributed by atoms with van der Waals surface area (Å²) in [5, 5.41) is 9.00. The quantitative estimate of drug-likeness (QED) is 0.620. The Morgan fingerprint density at radius 3 is 3.00 bits per heavy atom. The summed E-state index contributed by atoms with van der Waals surface area (Å²) >= 11 is 0. The van der Waals surface area contributed by atoms with Gasteiger partial charge in [-0.25, -0.2) is 0 Å². The van der Waals surface area contributed by atoms with Crippen molar-refractivity contribution >= 4 is 5.91 Å². The molecular weight excluding hydrogens is 212 g/mol. The van der Waals surface area contributed by atoms with Gasteiger partial charge in [-0.15, -0.1) is 0 Å². The summed E-state index contributed by atoms with van der Waals surface area (Å²) < 4.78 is 10.2. The molecule has 0 radical (unpaired) electrons. The number of carbonyl (C=O) groups is 1. The first-order valence-corrected chi connectivity index (χ1v) is 5.37. The highest BCUT2D eigenvalue weighted by molar-refractivity contribution is 5.82. The van der Waals surface area contributed by atoms with Gasteiger partial charge in [0.1, 0.15) is 6.04 Å². The summed E-state index contributed by atoms with van der Waals surface area (Å²) in [5.41, 5.74) is 5.69. The number of aliphatic hydroxyl groups excluding tert-OH is 1. The van der Waals surface area contributed by atoms with E-state index >= 15 is 0 Å². The molecule has 0 aromatic rings. The van der Waals surface area contributed by atoms with Crippen molar-refractivity contribution in [1.29, 1.82) is 0 Å². The maximum Gasteiger partial charge on any atom is 0.242 e. The minimum absolute atomic E-state index is 0.0155. The Balaban J connectivity index is 2.58. The van der Waals surface area contributed by atoms with Crippen molar-refractivity contribution in [3.8, 4) is 0 Å². The molecule has 94 valence electrons. The minimum atomic E-state index is -0.648. The molecule has 1 rings (SSSR count). The minimum Gasteiger partial charge on any atom is -0.394 e. The Kier molecular flexibility index (Phi) is 5.14. The third-order valence-corrected chi connectivity index (χ3v) is 2.66. The van der Waals surface area contributed by atoms with Gasteiger partial charge in [0.2, 0.25) is 5.91 Å². The van der Waals surface area contributed by atoms with Crippen LogP contribution < -0.4 is 5.73 Å². The Bertz CT molecular complexity index is 237. The number of hydrogen-bond donors (Lipinski definition) is 2. The van der Waals surface area contributed by atoms with E-state index < -0.39 is 6.04 Å². The molecule has 1 heterocycles. The second kappa shape index (κ2) is 6.15. The molecule has 0 aliphatic carbocycles. The predicted molar refractivity (Wildman–Crippen MR) is 57.9 cm³/mol. The van der Waals surface area contributed by atoms with E-state index in [1.54, 1.807) is 4.90 Å². The van der Waals surface area contributed by atoms with Crippen LogP contribution in [0.5, 0.6) is 0 Å². The number of methoxy groups -OCH3 is 1. The molecule has 1 aliphatic heterocycles. The second-order valence-electron chi connectivity index (χ2n) is 4.04. The van der Waals surface area contributed by atoms with Gasteiger partial charge in [-0.1, -0.05) is 0 Å². The lowest BCUT2D eigenvalue weighted by atomic mass is 10.1. The summed E-state index contributed by atoms with van der Waals surface area (Å²) in [5.74, 6) is -0.156. The van der Waals surface area contributed by atoms with Gasteiger partial charge in [0.25, 0.3) is 0 Å². The van der Waals surface area contributed by atoms with Crippen LogP contribution in [0.3, 0.4) is 0 Å². The molecule has 1 saturated heterocycles. The fraction of sp³-hybridized carbons (Fsp3) is 0.900. The Labute approximate surface area is 95.3 Å². The fourth-order valence-electron chi connectivity index (χ4n) is 1.70. The first kappa shape index (κ1) is 13.4. The molecule has 16 heavy (non-hydrogen) atoms. The number of ether oxygens (including phenoxy) is 2. The van der Waals surface area contributed by atoms with E-state index in [1.807, 2.05) is 6.92 Å². The lowest BCUT2D eigenvalue weighted by molar-refractivity contribution is -0.148. The Morgan fingerprint density at radius 1 is 1.75 bits per heavy atom. The zero-order valence-electron chi connectivity index (χ0n) is 9.76. The van der Waals surface area contributed by atoms with Crippen LogP contribution in [0.4, 0.5) is 0 Å². The van der Waals surface area contributed by atoms with Crippen LogP contribution in [0.2, 0.25) is 0 Å². The lowest BCUT2D eigenvalue weighted by Gasteiger charge is -2.38. The number of nitrogens with two attached hydrogens (primary N) is 1. The number of carbonyl (C=O) groups excluding carboxylic acids is 1. The SMILES string of the molecule is COCC(N)C(=O)N1CC(CO)OCC1C.